The van der Waals surface area contributed by atoms with Crippen molar-refractivity contribution in [1.29, 1.82) is 0 Å². The van der Waals surface area contributed by atoms with E-state index in [9.17, 15) is 8.42 Å². The number of H-pyrrole nitrogens is 1. The summed E-state index contributed by atoms with van der Waals surface area (Å²) in [6, 6.07) is 9.87. The monoisotopic (exact) mass is 380 g/mol. The molecule has 0 amide bonds. The highest BCUT2D eigenvalue weighted by Crippen LogP contribution is 2.20. The first-order valence-corrected chi connectivity index (χ1v) is 10.7. The second-order valence-electron chi connectivity index (χ2n) is 7.01. The lowest BCUT2D eigenvalue weighted by Crippen LogP contribution is -2.40. The Morgan fingerprint density at radius 3 is 2.68 bits per heavy atom. The molecule has 25 heavy (non-hydrogen) atoms. The molecule has 8 heteroatoms. The number of hydrogen-bond donors (Lipinski definition) is 1. The lowest BCUT2D eigenvalue weighted by atomic mass is 10.1. The van der Waals surface area contributed by atoms with Crippen LogP contribution in [0.3, 0.4) is 0 Å². The number of nitrogens with zero attached hydrogens (tertiary/aromatic N) is 3. The fraction of sp³-hybridized carbons (Fsp3) is 0.529. The van der Waals surface area contributed by atoms with E-state index in [1.165, 1.54) is 0 Å². The largest absolute Gasteiger partial charge is 0.280 e. The third kappa shape index (κ3) is 4.56. The minimum Gasteiger partial charge on any atom is -0.280 e. The maximum atomic E-state index is 11.9. The zero-order chi connectivity index (χ0) is 18.0. The van der Waals surface area contributed by atoms with Gasteiger partial charge >= 0.3 is 0 Å². The van der Waals surface area contributed by atoms with E-state index in [1.54, 1.807) is 0 Å². The van der Waals surface area contributed by atoms with Crippen LogP contribution in [0.5, 0.6) is 0 Å². The van der Waals surface area contributed by atoms with Gasteiger partial charge in [0, 0.05) is 18.2 Å². The fourth-order valence-electron chi connectivity index (χ4n) is 3.21. The van der Waals surface area contributed by atoms with Crippen LogP contribution in [0.15, 0.2) is 30.3 Å². The molecule has 2 aromatic rings. The molecule has 1 aliphatic heterocycles. The Morgan fingerprint density at radius 2 is 2.08 bits per heavy atom. The quantitative estimate of drug-likeness (QED) is 0.780. The Balaban J connectivity index is 1.82. The summed E-state index contributed by atoms with van der Waals surface area (Å²) >= 11 is 5.40. The van der Waals surface area contributed by atoms with Crippen molar-refractivity contribution >= 4 is 22.1 Å². The van der Waals surface area contributed by atoms with Gasteiger partial charge in [-0.1, -0.05) is 44.2 Å². The summed E-state index contributed by atoms with van der Waals surface area (Å²) in [4.78, 5) is 6.65. The van der Waals surface area contributed by atoms with Crippen LogP contribution in [0.1, 0.15) is 20.3 Å². The van der Waals surface area contributed by atoms with Gasteiger partial charge < -0.3 is 0 Å². The van der Waals surface area contributed by atoms with Gasteiger partial charge in [-0.25, -0.2) is 13.1 Å². The van der Waals surface area contributed by atoms with Crippen molar-refractivity contribution in [2.45, 2.75) is 33.0 Å². The first-order chi connectivity index (χ1) is 11.8. The molecule has 1 aromatic heterocycles. The SMILES string of the molecule is CC(C)CN(Cn1[nH]c(-c2ccccc2)nc1=S)[C@@H]1CCS(=O)(=O)C1. The number of benzene rings is 1. The van der Waals surface area contributed by atoms with Crippen molar-refractivity contribution in [3.8, 4) is 11.4 Å². The molecule has 1 aliphatic rings. The van der Waals surface area contributed by atoms with Crippen molar-refractivity contribution in [2.24, 2.45) is 5.92 Å². The Morgan fingerprint density at radius 1 is 1.36 bits per heavy atom. The standard InChI is InChI=1S/C17H24N4O2S2/c1-13(2)10-20(15-8-9-25(22,23)11-15)12-21-17(24)18-16(19-21)14-6-4-3-5-7-14/h3-7,13,15H,8-12H2,1-2H3,(H,18,19,24)/t15-/m1/s1. The van der Waals surface area contributed by atoms with Crippen LogP contribution in [0.2, 0.25) is 0 Å². The van der Waals surface area contributed by atoms with Gasteiger partial charge in [-0.05, 0) is 24.6 Å². The molecule has 0 spiro atoms. The highest BCUT2D eigenvalue weighted by atomic mass is 32.2. The topological polar surface area (TPSA) is 71.0 Å². The normalized spacial score (nSPS) is 19.8. The summed E-state index contributed by atoms with van der Waals surface area (Å²) in [6.45, 7) is 5.62. The van der Waals surface area contributed by atoms with Gasteiger partial charge in [-0.2, -0.15) is 4.98 Å². The molecular weight excluding hydrogens is 356 g/mol. The number of aromatic nitrogens is 3. The molecule has 0 radical (unpaired) electrons. The van der Waals surface area contributed by atoms with Gasteiger partial charge in [0.1, 0.15) is 0 Å². The molecule has 0 unspecified atom stereocenters. The smallest absolute Gasteiger partial charge is 0.217 e. The lowest BCUT2D eigenvalue weighted by Gasteiger charge is -2.29. The third-order valence-electron chi connectivity index (χ3n) is 4.37. The molecule has 1 aromatic carbocycles. The van der Waals surface area contributed by atoms with Gasteiger partial charge in [0.15, 0.2) is 15.7 Å². The Labute approximate surface area is 153 Å². The average Bonchev–Trinajstić information content (AvgIpc) is 3.10. The van der Waals surface area contributed by atoms with Gasteiger partial charge in [0.05, 0.1) is 18.2 Å². The first kappa shape index (κ1) is 18.3. The molecule has 2 heterocycles. The Hall–Kier alpha value is -1.51. The van der Waals surface area contributed by atoms with Crippen molar-refractivity contribution in [2.75, 3.05) is 18.1 Å². The van der Waals surface area contributed by atoms with Gasteiger partial charge in [0.2, 0.25) is 4.77 Å². The van der Waals surface area contributed by atoms with E-state index in [-0.39, 0.29) is 17.5 Å². The van der Waals surface area contributed by atoms with Crippen molar-refractivity contribution < 1.29 is 8.42 Å². The van der Waals surface area contributed by atoms with Gasteiger partial charge in [-0.15, -0.1) is 0 Å². The first-order valence-electron chi connectivity index (χ1n) is 8.51. The van der Waals surface area contributed by atoms with Crippen LogP contribution in [-0.4, -0.2) is 52.2 Å². The molecular formula is C17H24N4O2S2. The zero-order valence-corrected chi connectivity index (χ0v) is 16.2. The van der Waals surface area contributed by atoms with Gasteiger partial charge in [-0.3, -0.25) is 10.00 Å². The molecule has 136 valence electrons. The average molecular weight is 381 g/mol. The summed E-state index contributed by atoms with van der Waals surface area (Å²) in [5.74, 6) is 1.67. The molecule has 0 saturated carbocycles. The second-order valence-corrected chi connectivity index (χ2v) is 9.61. The van der Waals surface area contributed by atoms with E-state index in [0.29, 0.717) is 23.8 Å². The predicted molar refractivity (Wildman–Crippen MR) is 101 cm³/mol. The summed E-state index contributed by atoms with van der Waals surface area (Å²) < 4.78 is 26.0. The van der Waals surface area contributed by atoms with E-state index in [4.69, 9.17) is 12.2 Å². The fourth-order valence-corrected chi connectivity index (χ4v) is 5.17. The molecule has 1 fully saturated rings. The maximum absolute atomic E-state index is 11.9. The van der Waals surface area contributed by atoms with E-state index in [1.807, 2.05) is 35.0 Å². The molecule has 6 nitrogen and oxygen atoms in total. The summed E-state index contributed by atoms with van der Waals surface area (Å²) in [5, 5.41) is 3.26. The molecule has 0 aliphatic carbocycles. The summed E-state index contributed by atoms with van der Waals surface area (Å²) in [5.41, 5.74) is 0.978. The molecule has 1 N–H and O–H groups in total. The van der Waals surface area contributed by atoms with Crippen molar-refractivity contribution in [3.63, 3.8) is 0 Å². The van der Waals surface area contributed by atoms with Crippen LogP contribution in [-0.2, 0) is 16.5 Å². The summed E-state index contributed by atoms with van der Waals surface area (Å²) in [7, 11) is -2.92. The third-order valence-corrected chi connectivity index (χ3v) is 6.44. The Bertz CT molecular complexity index is 872. The number of aromatic amines is 1. The van der Waals surface area contributed by atoms with Gasteiger partial charge in [0.25, 0.3) is 0 Å². The minimum atomic E-state index is -2.92. The zero-order valence-electron chi connectivity index (χ0n) is 14.6. The lowest BCUT2D eigenvalue weighted by molar-refractivity contribution is 0.137. The van der Waals surface area contributed by atoms with E-state index in [2.05, 4.69) is 28.8 Å². The van der Waals surface area contributed by atoms with Crippen LogP contribution >= 0.6 is 12.2 Å². The predicted octanol–water partition coefficient (Wildman–Crippen LogP) is 2.71. The van der Waals surface area contributed by atoms with Crippen molar-refractivity contribution in [3.05, 3.63) is 35.1 Å². The van der Waals surface area contributed by atoms with Crippen molar-refractivity contribution in [1.82, 2.24) is 19.7 Å². The van der Waals surface area contributed by atoms with E-state index in [0.717, 1.165) is 17.9 Å². The van der Waals surface area contributed by atoms with Crippen LogP contribution in [0.25, 0.3) is 11.4 Å². The maximum Gasteiger partial charge on any atom is 0.217 e. The van der Waals surface area contributed by atoms with Crippen LogP contribution in [0, 0.1) is 10.7 Å². The number of hydrogen-bond acceptors (Lipinski definition) is 5. The van der Waals surface area contributed by atoms with Crippen LogP contribution in [0.4, 0.5) is 0 Å². The highest BCUT2D eigenvalue weighted by Gasteiger charge is 2.32. The number of rotatable bonds is 6. The molecule has 0 bridgehead atoms. The number of nitrogens with one attached hydrogen (secondary N) is 1. The molecule has 1 saturated heterocycles. The Kier molecular flexibility index (Phi) is 5.41. The number of sulfone groups is 1. The van der Waals surface area contributed by atoms with Crippen LogP contribution < -0.4 is 0 Å². The summed E-state index contributed by atoms with van der Waals surface area (Å²) in [6.07, 6.45) is 0.683. The molecule has 3 rings (SSSR count). The second kappa shape index (κ2) is 7.39. The highest BCUT2D eigenvalue weighted by molar-refractivity contribution is 7.91. The van der Waals surface area contributed by atoms with E-state index < -0.39 is 9.84 Å². The molecule has 1 atom stereocenters. The minimum absolute atomic E-state index is 0.0396. The van der Waals surface area contributed by atoms with E-state index >= 15 is 0 Å².